The van der Waals surface area contributed by atoms with Gasteiger partial charge in [0.15, 0.2) is 0 Å². The molecule has 0 unspecified atom stereocenters. The summed E-state index contributed by atoms with van der Waals surface area (Å²) in [6.07, 6.45) is 0. The first-order chi connectivity index (χ1) is 7.31. The zero-order valence-electron chi connectivity index (χ0n) is 8.28. The highest BCUT2D eigenvalue weighted by molar-refractivity contribution is 6.30. The van der Waals surface area contributed by atoms with Crippen LogP contribution in [-0.2, 0) is 6.54 Å². The van der Waals surface area contributed by atoms with Crippen molar-refractivity contribution in [3.05, 3.63) is 59.1 Å². The van der Waals surface area contributed by atoms with E-state index >= 15 is 0 Å². The van der Waals surface area contributed by atoms with Crippen LogP contribution in [0.1, 0.15) is 5.56 Å². The zero-order valence-corrected chi connectivity index (χ0v) is 9.04. The first-order valence-corrected chi connectivity index (χ1v) is 5.23. The summed E-state index contributed by atoms with van der Waals surface area (Å²) in [5, 5.41) is 0.754. The van der Waals surface area contributed by atoms with Gasteiger partial charge >= 0.3 is 0 Å². The lowest BCUT2D eigenvalue weighted by Gasteiger charge is -2.07. The molecule has 2 N–H and O–H groups in total. The van der Waals surface area contributed by atoms with E-state index in [4.69, 9.17) is 17.3 Å². The first kappa shape index (κ1) is 10.2. The lowest BCUT2D eigenvalue weighted by Crippen LogP contribution is -1.98. The van der Waals surface area contributed by atoms with Gasteiger partial charge < -0.3 is 5.73 Å². The summed E-state index contributed by atoms with van der Waals surface area (Å²) < 4.78 is 0. The Morgan fingerprint density at radius 1 is 0.933 bits per heavy atom. The molecule has 2 aromatic carbocycles. The Bertz CT molecular complexity index is 448. The summed E-state index contributed by atoms with van der Waals surface area (Å²) in [5.74, 6) is 0. The van der Waals surface area contributed by atoms with Gasteiger partial charge in [0.25, 0.3) is 0 Å². The molecule has 0 saturated carbocycles. The van der Waals surface area contributed by atoms with E-state index in [1.165, 1.54) is 5.56 Å². The fourth-order valence-electron chi connectivity index (χ4n) is 1.61. The number of nitrogens with two attached hydrogens (primary N) is 1. The van der Waals surface area contributed by atoms with Crippen LogP contribution in [0.5, 0.6) is 0 Å². The molecule has 2 aromatic rings. The normalized spacial score (nSPS) is 10.3. The Balaban J connectivity index is 2.49. The maximum Gasteiger partial charge on any atom is 0.0406 e. The van der Waals surface area contributed by atoms with E-state index in [2.05, 4.69) is 6.07 Å². The molecule has 76 valence electrons. The van der Waals surface area contributed by atoms with Gasteiger partial charge in [0.05, 0.1) is 0 Å². The molecule has 2 heteroatoms. The van der Waals surface area contributed by atoms with E-state index in [9.17, 15) is 0 Å². The highest BCUT2D eigenvalue weighted by atomic mass is 35.5. The van der Waals surface area contributed by atoms with Crippen molar-refractivity contribution in [1.82, 2.24) is 0 Å². The van der Waals surface area contributed by atoms with Crippen LogP contribution in [0.3, 0.4) is 0 Å². The molecule has 0 aliphatic heterocycles. The van der Waals surface area contributed by atoms with Crippen molar-refractivity contribution in [3.8, 4) is 11.1 Å². The molecule has 15 heavy (non-hydrogen) atoms. The summed E-state index contributed by atoms with van der Waals surface area (Å²) in [7, 11) is 0. The first-order valence-electron chi connectivity index (χ1n) is 4.85. The fraction of sp³-hybridized carbons (Fsp3) is 0.0769. The van der Waals surface area contributed by atoms with Crippen LogP contribution in [0.4, 0.5) is 0 Å². The minimum absolute atomic E-state index is 0.554. The van der Waals surface area contributed by atoms with Crippen molar-refractivity contribution in [2.75, 3.05) is 0 Å². The molecule has 0 bridgehead atoms. The SMILES string of the molecule is NCc1ccccc1-c1ccc(Cl)cc1. The van der Waals surface area contributed by atoms with Crippen LogP contribution in [-0.4, -0.2) is 0 Å². The molecule has 0 heterocycles. The molecular weight excluding hydrogens is 206 g/mol. The standard InChI is InChI=1S/C13H12ClN/c14-12-7-5-10(6-8-12)13-4-2-1-3-11(13)9-15/h1-8H,9,15H2. The smallest absolute Gasteiger partial charge is 0.0406 e. The number of hydrogen-bond acceptors (Lipinski definition) is 1. The summed E-state index contributed by atoms with van der Waals surface area (Å²) in [6.45, 7) is 0.554. The fourth-order valence-corrected chi connectivity index (χ4v) is 1.74. The van der Waals surface area contributed by atoms with Gasteiger partial charge in [0.1, 0.15) is 0 Å². The van der Waals surface area contributed by atoms with Gasteiger partial charge in [0, 0.05) is 11.6 Å². The van der Waals surface area contributed by atoms with Gasteiger partial charge in [-0.05, 0) is 28.8 Å². The van der Waals surface area contributed by atoms with Crippen LogP contribution >= 0.6 is 11.6 Å². The second-order valence-corrected chi connectivity index (χ2v) is 3.80. The molecule has 0 fully saturated rings. The topological polar surface area (TPSA) is 26.0 Å². The maximum absolute atomic E-state index is 5.85. The molecule has 0 radical (unpaired) electrons. The van der Waals surface area contributed by atoms with Crippen molar-refractivity contribution in [3.63, 3.8) is 0 Å². The lowest BCUT2D eigenvalue weighted by molar-refractivity contribution is 1.07. The second-order valence-electron chi connectivity index (χ2n) is 3.37. The van der Waals surface area contributed by atoms with Gasteiger partial charge in [-0.2, -0.15) is 0 Å². The minimum atomic E-state index is 0.554. The average molecular weight is 218 g/mol. The van der Waals surface area contributed by atoms with E-state index in [0.717, 1.165) is 16.1 Å². The summed E-state index contributed by atoms with van der Waals surface area (Å²) in [6, 6.07) is 15.9. The highest BCUT2D eigenvalue weighted by Crippen LogP contribution is 2.24. The van der Waals surface area contributed by atoms with E-state index in [0.29, 0.717) is 6.54 Å². The lowest BCUT2D eigenvalue weighted by atomic mass is 10.00. The Labute approximate surface area is 94.5 Å². The van der Waals surface area contributed by atoms with E-state index in [-0.39, 0.29) is 0 Å². The van der Waals surface area contributed by atoms with Crippen LogP contribution < -0.4 is 5.73 Å². The van der Waals surface area contributed by atoms with Crippen molar-refractivity contribution in [2.24, 2.45) is 5.73 Å². The summed E-state index contributed by atoms with van der Waals surface area (Å²) >= 11 is 5.85. The second kappa shape index (κ2) is 4.47. The predicted molar refractivity (Wildman–Crippen MR) is 64.8 cm³/mol. The Morgan fingerprint density at radius 3 is 2.27 bits per heavy atom. The molecule has 0 spiro atoms. The van der Waals surface area contributed by atoms with Crippen molar-refractivity contribution >= 4 is 11.6 Å². The molecule has 0 aromatic heterocycles. The average Bonchev–Trinajstić information content (AvgIpc) is 2.30. The third-order valence-corrected chi connectivity index (χ3v) is 2.64. The van der Waals surface area contributed by atoms with Crippen LogP contribution in [0.25, 0.3) is 11.1 Å². The Kier molecular flexibility index (Phi) is 3.05. The van der Waals surface area contributed by atoms with Crippen LogP contribution in [0.15, 0.2) is 48.5 Å². The van der Waals surface area contributed by atoms with Gasteiger partial charge in [-0.3, -0.25) is 0 Å². The van der Waals surface area contributed by atoms with Crippen molar-refractivity contribution in [2.45, 2.75) is 6.54 Å². The molecule has 2 rings (SSSR count). The third-order valence-electron chi connectivity index (χ3n) is 2.39. The summed E-state index contributed by atoms with van der Waals surface area (Å²) in [4.78, 5) is 0. The number of benzene rings is 2. The van der Waals surface area contributed by atoms with Gasteiger partial charge in [-0.15, -0.1) is 0 Å². The third kappa shape index (κ3) is 2.20. The number of rotatable bonds is 2. The molecule has 0 amide bonds. The molecule has 0 aliphatic carbocycles. The quantitative estimate of drug-likeness (QED) is 0.819. The predicted octanol–water partition coefficient (Wildman–Crippen LogP) is 3.47. The van der Waals surface area contributed by atoms with E-state index in [1.807, 2.05) is 42.5 Å². The molecule has 0 atom stereocenters. The minimum Gasteiger partial charge on any atom is -0.326 e. The van der Waals surface area contributed by atoms with Gasteiger partial charge in [-0.25, -0.2) is 0 Å². The summed E-state index contributed by atoms with van der Waals surface area (Å²) in [5.41, 5.74) is 9.18. The molecule has 1 nitrogen and oxygen atoms in total. The molecule has 0 aliphatic rings. The number of hydrogen-bond donors (Lipinski definition) is 1. The van der Waals surface area contributed by atoms with Gasteiger partial charge in [0.2, 0.25) is 0 Å². The van der Waals surface area contributed by atoms with Crippen LogP contribution in [0.2, 0.25) is 5.02 Å². The zero-order chi connectivity index (χ0) is 10.7. The monoisotopic (exact) mass is 217 g/mol. The molecule has 0 saturated heterocycles. The number of halogens is 1. The van der Waals surface area contributed by atoms with Crippen molar-refractivity contribution in [1.29, 1.82) is 0 Å². The Morgan fingerprint density at radius 2 is 1.60 bits per heavy atom. The Hall–Kier alpha value is -1.31. The van der Waals surface area contributed by atoms with E-state index in [1.54, 1.807) is 0 Å². The van der Waals surface area contributed by atoms with Gasteiger partial charge in [-0.1, -0.05) is 48.0 Å². The largest absolute Gasteiger partial charge is 0.326 e. The maximum atomic E-state index is 5.85. The highest BCUT2D eigenvalue weighted by Gasteiger charge is 2.02. The van der Waals surface area contributed by atoms with E-state index < -0.39 is 0 Å². The van der Waals surface area contributed by atoms with Crippen molar-refractivity contribution < 1.29 is 0 Å². The molecular formula is C13H12ClN. The van der Waals surface area contributed by atoms with Crippen LogP contribution in [0, 0.1) is 0 Å².